The Kier molecular flexibility index (Phi) is 12.3. The molecule has 0 radical (unpaired) electrons. The second kappa shape index (κ2) is 15.9. The van der Waals surface area contributed by atoms with Crippen LogP contribution in [0.25, 0.3) is 0 Å². The Morgan fingerprint density at radius 1 is 0.818 bits per heavy atom. The van der Waals surface area contributed by atoms with E-state index in [1.807, 2.05) is 0 Å². The van der Waals surface area contributed by atoms with Gasteiger partial charge in [0.15, 0.2) is 0 Å². The third kappa shape index (κ3) is 8.86. The van der Waals surface area contributed by atoms with Gasteiger partial charge < -0.3 is 20.5 Å². The molecule has 0 aromatic heterocycles. The lowest BCUT2D eigenvalue weighted by molar-refractivity contribution is -0.0442. The van der Waals surface area contributed by atoms with Gasteiger partial charge >= 0.3 is 11.0 Å². The molecule has 0 fully saturated rings. The van der Waals surface area contributed by atoms with Gasteiger partial charge in [-0.25, -0.2) is 30.0 Å². The molecule has 55 heavy (non-hydrogen) atoms. The first-order valence-corrected chi connectivity index (χ1v) is 18.3. The van der Waals surface area contributed by atoms with Crippen molar-refractivity contribution < 1.29 is 65.8 Å². The predicted molar refractivity (Wildman–Crippen MR) is 176 cm³/mol. The second-order valence-corrected chi connectivity index (χ2v) is 15.4. The molecule has 5 rings (SSSR count). The highest BCUT2D eigenvalue weighted by molar-refractivity contribution is 7.92. The number of sulfone groups is 2. The monoisotopic (exact) mass is 840 g/mol. The number of rotatable bonds is 8. The molecule has 0 saturated carbocycles. The predicted octanol–water partition coefficient (Wildman–Crippen LogP) is 8.55. The van der Waals surface area contributed by atoms with Crippen LogP contribution in [0.2, 0.25) is 5.02 Å². The first-order chi connectivity index (χ1) is 25.5. The van der Waals surface area contributed by atoms with E-state index in [0.29, 0.717) is 12.1 Å². The Hall–Kier alpha value is -5.22. The van der Waals surface area contributed by atoms with Crippen LogP contribution in [0.1, 0.15) is 35.2 Å². The highest BCUT2D eigenvalue weighted by Gasteiger charge is 2.51. The standard InChI is InChI=1S/C17H11F5N2O3S.C16H11ClF4N2O3S/c18-9-3-8(7-23)4-10(5-9)27-13-1-2-14(28(25,26)17(20,21)22)15-11(13)6-12(19)16(15)24;1-2-23-15-12(8-22)13(26-11-6-9(17)5-10(18)7-11)3-4-14(15)27(24,25)16(19,20)21/h1-5,12,16H,6,24H2;3-7,23H,2H2,1H3/t12-,16-;/m0./s1. The fourth-order valence-corrected chi connectivity index (χ4v) is 7.34. The number of hydrogen-bond donors (Lipinski definition) is 2. The zero-order valence-corrected chi connectivity index (χ0v) is 29.7. The second-order valence-electron chi connectivity index (χ2n) is 11.1. The van der Waals surface area contributed by atoms with Crippen LogP contribution in [0.15, 0.2) is 70.5 Å². The molecule has 0 amide bonds. The summed E-state index contributed by atoms with van der Waals surface area (Å²) in [5.74, 6) is -2.27. The maximum atomic E-state index is 14.1. The summed E-state index contributed by atoms with van der Waals surface area (Å²) in [7, 11) is -11.5. The summed E-state index contributed by atoms with van der Waals surface area (Å²) < 4.78 is 177. The van der Waals surface area contributed by atoms with Gasteiger partial charge in [0.2, 0.25) is 0 Å². The highest BCUT2D eigenvalue weighted by Crippen LogP contribution is 2.46. The molecule has 4 aromatic carbocycles. The molecule has 292 valence electrons. The van der Waals surface area contributed by atoms with Crippen LogP contribution in [-0.2, 0) is 26.1 Å². The lowest BCUT2D eigenvalue weighted by atomic mass is 10.1. The van der Waals surface area contributed by atoms with Crippen molar-refractivity contribution in [2.45, 2.75) is 46.4 Å². The molecule has 0 spiro atoms. The van der Waals surface area contributed by atoms with E-state index in [1.54, 1.807) is 12.1 Å². The Bertz CT molecular complexity index is 2430. The van der Waals surface area contributed by atoms with Crippen LogP contribution in [-0.4, -0.2) is 40.6 Å². The number of nitrogens with zero attached hydrogens (tertiary/aromatic N) is 2. The number of nitriles is 2. The maximum absolute atomic E-state index is 14.1. The van der Waals surface area contributed by atoms with E-state index in [1.165, 1.54) is 13.0 Å². The maximum Gasteiger partial charge on any atom is 0.501 e. The van der Waals surface area contributed by atoms with Gasteiger partial charge in [0.1, 0.15) is 57.3 Å². The smallest absolute Gasteiger partial charge is 0.457 e. The number of nitrogens with one attached hydrogen (secondary N) is 1. The minimum Gasteiger partial charge on any atom is -0.457 e. The summed E-state index contributed by atoms with van der Waals surface area (Å²) in [5, 5.41) is 20.7. The average Bonchev–Trinajstić information content (AvgIpc) is 3.37. The minimum atomic E-state index is -5.77. The third-order valence-electron chi connectivity index (χ3n) is 7.47. The molecule has 0 bridgehead atoms. The van der Waals surface area contributed by atoms with Crippen LogP contribution in [0.4, 0.5) is 45.2 Å². The summed E-state index contributed by atoms with van der Waals surface area (Å²) in [5.41, 5.74) is -7.36. The molecule has 1 aliphatic rings. The van der Waals surface area contributed by atoms with Gasteiger partial charge in [-0.05, 0) is 61.0 Å². The number of alkyl halides is 7. The van der Waals surface area contributed by atoms with Gasteiger partial charge in [0.05, 0.1) is 28.3 Å². The number of fused-ring (bicyclic) bond motifs is 1. The average molecular weight is 841 g/mol. The molecule has 0 heterocycles. The zero-order valence-electron chi connectivity index (χ0n) is 27.4. The van der Waals surface area contributed by atoms with E-state index >= 15 is 0 Å². The van der Waals surface area contributed by atoms with E-state index in [0.717, 1.165) is 42.5 Å². The fraction of sp³-hybridized carbons (Fsp3) is 0.212. The molecular weight excluding hydrogens is 819 g/mol. The molecule has 2 atom stereocenters. The summed E-state index contributed by atoms with van der Waals surface area (Å²) >= 11 is 5.70. The van der Waals surface area contributed by atoms with Crippen LogP contribution >= 0.6 is 11.6 Å². The first kappa shape index (κ1) is 42.5. The zero-order chi connectivity index (χ0) is 41.3. The van der Waals surface area contributed by atoms with E-state index in [4.69, 9.17) is 32.1 Å². The van der Waals surface area contributed by atoms with Crippen LogP contribution in [0, 0.1) is 34.3 Å². The van der Waals surface area contributed by atoms with E-state index in [2.05, 4.69) is 5.32 Å². The lowest BCUT2D eigenvalue weighted by Crippen LogP contribution is -2.26. The van der Waals surface area contributed by atoms with Crippen molar-refractivity contribution in [1.82, 2.24) is 0 Å². The van der Waals surface area contributed by atoms with Gasteiger partial charge in [-0.2, -0.15) is 36.9 Å². The summed E-state index contributed by atoms with van der Waals surface area (Å²) in [6.45, 7) is 1.54. The van der Waals surface area contributed by atoms with Gasteiger partial charge in [-0.3, -0.25) is 0 Å². The normalized spacial score (nSPS) is 15.5. The number of benzene rings is 4. The largest absolute Gasteiger partial charge is 0.501 e. The molecule has 3 N–H and O–H groups in total. The minimum absolute atomic E-state index is 0.00770. The summed E-state index contributed by atoms with van der Waals surface area (Å²) in [6, 6.07) is 11.0. The van der Waals surface area contributed by atoms with Crippen LogP contribution in [0.3, 0.4) is 0 Å². The fourth-order valence-electron chi connectivity index (χ4n) is 5.15. The number of nitrogens with two attached hydrogens (primary N) is 1. The molecular formula is C33H22ClF9N4O6S2. The number of halogens is 10. The van der Waals surface area contributed by atoms with Crippen molar-refractivity contribution in [2.75, 3.05) is 11.9 Å². The topological polar surface area (TPSA) is 172 Å². The van der Waals surface area contributed by atoms with Gasteiger partial charge in [-0.15, -0.1) is 0 Å². The number of ether oxygens (including phenoxy) is 2. The summed E-state index contributed by atoms with van der Waals surface area (Å²) in [6.07, 6.45) is -2.31. The van der Waals surface area contributed by atoms with Crippen molar-refractivity contribution in [3.05, 3.63) is 99.6 Å². The van der Waals surface area contributed by atoms with E-state index < -0.39 is 87.6 Å². The van der Waals surface area contributed by atoms with Gasteiger partial charge in [-0.1, -0.05) is 11.6 Å². The Labute approximate surface area is 311 Å². The highest BCUT2D eigenvalue weighted by atomic mass is 35.5. The van der Waals surface area contributed by atoms with E-state index in [9.17, 15) is 61.6 Å². The summed E-state index contributed by atoms with van der Waals surface area (Å²) in [4.78, 5) is -2.26. The quantitative estimate of drug-likeness (QED) is 0.164. The van der Waals surface area contributed by atoms with Crippen molar-refractivity contribution >= 4 is 37.0 Å². The van der Waals surface area contributed by atoms with Crippen molar-refractivity contribution in [2.24, 2.45) is 5.73 Å². The van der Waals surface area contributed by atoms with Crippen LogP contribution in [0.5, 0.6) is 23.0 Å². The lowest BCUT2D eigenvalue weighted by Gasteiger charge is -2.17. The molecule has 22 heteroatoms. The van der Waals surface area contributed by atoms with Gasteiger partial charge in [0.25, 0.3) is 19.7 Å². The molecule has 0 saturated heterocycles. The Morgan fingerprint density at radius 3 is 1.89 bits per heavy atom. The van der Waals surface area contributed by atoms with Crippen LogP contribution < -0.4 is 20.5 Å². The Morgan fingerprint density at radius 2 is 1.35 bits per heavy atom. The number of anilines is 1. The molecule has 0 aliphatic heterocycles. The number of hydrogen-bond acceptors (Lipinski definition) is 10. The molecule has 4 aromatic rings. The SMILES string of the molecule is CCNc1c(S(=O)(=O)C(F)(F)F)ccc(Oc2cc(F)cc(Cl)c2)c1C#N.N#Cc1cc(F)cc(Oc2ccc(S(=O)(=O)C(F)(F)F)c3c2C[C@H](F)[C@@H]3N)c1. The molecule has 1 aliphatic carbocycles. The van der Waals surface area contributed by atoms with Gasteiger partial charge in [0, 0.05) is 35.7 Å². The Balaban J connectivity index is 0.000000245. The van der Waals surface area contributed by atoms with E-state index in [-0.39, 0.29) is 45.7 Å². The molecule has 10 nitrogen and oxygen atoms in total. The van der Waals surface area contributed by atoms with Crippen molar-refractivity contribution in [3.63, 3.8) is 0 Å². The third-order valence-corrected chi connectivity index (χ3v) is 10.8. The molecule has 0 unspecified atom stereocenters. The van der Waals surface area contributed by atoms with Crippen molar-refractivity contribution in [1.29, 1.82) is 10.5 Å². The van der Waals surface area contributed by atoms with Crippen molar-refractivity contribution in [3.8, 4) is 35.1 Å². The first-order valence-electron chi connectivity index (χ1n) is 15.0.